The van der Waals surface area contributed by atoms with Gasteiger partial charge >= 0.3 is 0 Å². The lowest BCUT2D eigenvalue weighted by Crippen LogP contribution is -2.58. The highest BCUT2D eigenvalue weighted by Crippen LogP contribution is 2.72. The molecule has 3 heteroatoms. The van der Waals surface area contributed by atoms with E-state index in [1.165, 1.54) is 39.1 Å². The maximum absolute atomic E-state index is 12.8. The Hall–Kier alpha value is -2.55. The van der Waals surface area contributed by atoms with Crippen LogP contribution in [0.15, 0.2) is 47.1 Å². The summed E-state index contributed by atoms with van der Waals surface area (Å²) >= 11 is 0. The van der Waals surface area contributed by atoms with Gasteiger partial charge in [0.05, 0.1) is 0 Å². The first-order valence-electron chi connectivity index (χ1n) is 13.9. The third-order valence-corrected chi connectivity index (χ3v) is 10.8. The van der Waals surface area contributed by atoms with Crippen molar-refractivity contribution in [2.75, 3.05) is 19.0 Å². The summed E-state index contributed by atoms with van der Waals surface area (Å²) in [6, 6.07) is 2.40. The minimum Gasteiger partial charge on any atom is -0.377 e. The molecule has 3 aliphatic rings. The van der Waals surface area contributed by atoms with Crippen molar-refractivity contribution in [3.63, 3.8) is 0 Å². The summed E-state index contributed by atoms with van der Waals surface area (Å²) in [6.07, 6.45) is 2.99. The number of carbonyl (C=O) groups is 1. The molecular formula is C34H48N2O. The Morgan fingerprint density at radius 3 is 2.24 bits per heavy atom. The van der Waals surface area contributed by atoms with Crippen LogP contribution in [0.5, 0.6) is 0 Å². The summed E-state index contributed by atoms with van der Waals surface area (Å²) in [4.78, 5) is 15.1. The quantitative estimate of drug-likeness (QED) is 0.463. The highest BCUT2D eigenvalue weighted by Gasteiger charge is 2.64. The number of fused-ring (bicyclic) bond motifs is 3. The van der Waals surface area contributed by atoms with E-state index in [0.29, 0.717) is 11.5 Å². The van der Waals surface area contributed by atoms with Gasteiger partial charge in [0.1, 0.15) is 0 Å². The van der Waals surface area contributed by atoms with E-state index >= 15 is 0 Å². The van der Waals surface area contributed by atoms with Crippen LogP contribution in [0.2, 0.25) is 0 Å². The van der Waals surface area contributed by atoms with Gasteiger partial charge in [-0.1, -0.05) is 65.8 Å². The van der Waals surface area contributed by atoms with Crippen molar-refractivity contribution in [3.05, 3.63) is 69.3 Å². The summed E-state index contributed by atoms with van der Waals surface area (Å²) in [5, 5.41) is 0. The zero-order valence-electron chi connectivity index (χ0n) is 25.2. The van der Waals surface area contributed by atoms with E-state index in [1.54, 1.807) is 0 Å². The fourth-order valence-electron chi connectivity index (χ4n) is 9.38. The van der Waals surface area contributed by atoms with E-state index in [1.807, 2.05) is 0 Å². The molecular weight excluding hydrogens is 452 g/mol. The van der Waals surface area contributed by atoms with Crippen molar-refractivity contribution in [2.45, 2.75) is 81.6 Å². The van der Waals surface area contributed by atoms with Gasteiger partial charge in [-0.15, -0.1) is 0 Å². The molecule has 0 bridgehead atoms. The molecule has 200 valence electrons. The van der Waals surface area contributed by atoms with E-state index in [2.05, 4.69) is 94.0 Å². The first-order chi connectivity index (χ1) is 17.0. The van der Waals surface area contributed by atoms with Crippen LogP contribution in [0.1, 0.15) is 84.1 Å². The zero-order chi connectivity index (χ0) is 28.0. The van der Waals surface area contributed by atoms with Crippen LogP contribution in [0.3, 0.4) is 0 Å². The predicted molar refractivity (Wildman–Crippen MR) is 159 cm³/mol. The zero-order valence-corrected chi connectivity index (χ0v) is 25.2. The van der Waals surface area contributed by atoms with Gasteiger partial charge in [-0.25, -0.2) is 0 Å². The number of primary amides is 1. The van der Waals surface area contributed by atoms with Crippen LogP contribution in [0.25, 0.3) is 5.57 Å². The lowest BCUT2D eigenvalue weighted by atomic mass is 9.38. The van der Waals surface area contributed by atoms with Crippen LogP contribution in [-0.2, 0) is 17.6 Å². The average Bonchev–Trinajstić information content (AvgIpc) is 2.75. The molecule has 0 aromatic heterocycles. The molecule has 3 aliphatic carbocycles. The van der Waals surface area contributed by atoms with Crippen LogP contribution < -0.4 is 10.6 Å². The number of rotatable bonds is 4. The molecule has 3 nitrogen and oxygen atoms in total. The predicted octanol–water partition coefficient (Wildman–Crippen LogP) is 7.58. The maximum Gasteiger partial charge on any atom is 0.248 e. The molecule has 2 N–H and O–H groups in total. The first-order valence-corrected chi connectivity index (χ1v) is 13.9. The third kappa shape index (κ3) is 3.35. The Morgan fingerprint density at radius 1 is 1.16 bits per heavy atom. The van der Waals surface area contributed by atoms with Gasteiger partial charge in [0.15, 0.2) is 0 Å². The number of nitrogens with zero attached hydrogens (tertiary/aromatic N) is 1. The molecule has 1 aromatic carbocycles. The largest absolute Gasteiger partial charge is 0.377 e. The van der Waals surface area contributed by atoms with Crippen molar-refractivity contribution in [1.82, 2.24) is 0 Å². The number of nitrogens with two attached hydrogens (primary N) is 1. The van der Waals surface area contributed by atoms with E-state index in [4.69, 9.17) is 12.3 Å². The molecule has 0 saturated carbocycles. The van der Waals surface area contributed by atoms with Crippen molar-refractivity contribution in [3.8, 4) is 0 Å². The Bertz CT molecular complexity index is 1310. The van der Waals surface area contributed by atoms with E-state index < -0.39 is 0 Å². The van der Waals surface area contributed by atoms with Crippen molar-refractivity contribution >= 4 is 17.2 Å². The fourth-order valence-corrected chi connectivity index (χ4v) is 9.38. The van der Waals surface area contributed by atoms with Crippen LogP contribution in [0, 0.1) is 35.0 Å². The Morgan fingerprint density at radius 2 is 1.76 bits per heavy atom. The third-order valence-electron chi connectivity index (χ3n) is 10.8. The molecule has 37 heavy (non-hydrogen) atoms. The number of hydrogen-bond donors (Lipinski definition) is 1. The molecule has 0 heterocycles. The molecule has 4 atom stereocenters. The number of allylic oxidation sites excluding steroid dienone is 4. The summed E-state index contributed by atoms with van der Waals surface area (Å²) in [7, 11) is 4.32. The molecule has 1 aromatic rings. The first kappa shape index (κ1) is 27.5. The maximum atomic E-state index is 12.8. The minimum absolute atomic E-state index is 0.0642. The second-order valence-electron chi connectivity index (χ2n) is 13.3. The van der Waals surface area contributed by atoms with Gasteiger partial charge in [-0.2, -0.15) is 0 Å². The van der Waals surface area contributed by atoms with Crippen molar-refractivity contribution < 1.29 is 4.79 Å². The smallest absolute Gasteiger partial charge is 0.248 e. The normalized spacial score (nSPS) is 31.4. The molecule has 0 spiro atoms. The number of amides is 1. The molecule has 0 unspecified atom stereocenters. The second kappa shape index (κ2) is 8.48. The van der Waals surface area contributed by atoms with Crippen LogP contribution in [0.4, 0.5) is 5.69 Å². The minimum atomic E-state index is -0.387. The van der Waals surface area contributed by atoms with Gasteiger partial charge in [0.25, 0.3) is 0 Å². The van der Waals surface area contributed by atoms with E-state index in [-0.39, 0.29) is 28.1 Å². The number of benzene rings is 1. The topological polar surface area (TPSA) is 46.3 Å². The SMILES string of the molecule is C=C1C2=C(C)[C@]3(C)C(=C)C(C(N)=O)=C(C)[C@@H](C(C)C)[C@]3(C)C[C@]2(C)Cc2c(N(C)C)cc(CC)c(C)c21. The second-order valence-corrected chi connectivity index (χ2v) is 13.3. The summed E-state index contributed by atoms with van der Waals surface area (Å²) in [5.74, 6) is 0.246. The van der Waals surface area contributed by atoms with Gasteiger partial charge < -0.3 is 10.6 Å². The lowest BCUT2D eigenvalue weighted by molar-refractivity contribution is -0.115. The highest BCUT2D eigenvalue weighted by molar-refractivity contribution is 5.99. The number of anilines is 1. The van der Waals surface area contributed by atoms with Crippen molar-refractivity contribution in [1.29, 1.82) is 0 Å². The van der Waals surface area contributed by atoms with Crippen LogP contribution in [-0.4, -0.2) is 20.0 Å². The van der Waals surface area contributed by atoms with Crippen LogP contribution >= 0.6 is 0 Å². The fraction of sp³-hybridized carbons (Fsp3) is 0.559. The average molecular weight is 501 g/mol. The molecule has 0 aliphatic heterocycles. The Balaban J connectivity index is 2.10. The summed E-state index contributed by atoms with van der Waals surface area (Å²) in [6.45, 7) is 30.1. The molecule has 0 fully saturated rings. The van der Waals surface area contributed by atoms with Crippen molar-refractivity contribution in [2.24, 2.45) is 33.8 Å². The van der Waals surface area contributed by atoms with Gasteiger partial charge in [-0.05, 0) is 108 Å². The Kier molecular flexibility index (Phi) is 6.30. The monoisotopic (exact) mass is 500 g/mol. The molecule has 0 saturated heterocycles. The van der Waals surface area contributed by atoms with Gasteiger partial charge in [0.2, 0.25) is 5.91 Å². The molecule has 1 amide bonds. The van der Waals surface area contributed by atoms with E-state index in [9.17, 15) is 4.79 Å². The molecule has 0 radical (unpaired) electrons. The molecule has 4 rings (SSSR count). The van der Waals surface area contributed by atoms with E-state index in [0.717, 1.165) is 36.0 Å². The number of hydrogen-bond acceptors (Lipinski definition) is 2. The number of aryl methyl sites for hydroxylation is 1. The van der Waals surface area contributed by atoms with Gasteiger partial charge in [0, 0.05) is 30.8 Å². The number of carbonyl (C=O) groups excluding carboxylic acids is 1. The Labute approximate surface area is 225 Å². The summed E-state index contributed by atoms with van der Waals surface area (Å²) < 4.78 is 0. The lowest BCUT2D eigenvalue weighted by Gasteiger charge is -2.65. The standard InChI is InChI=1S/C34H48N2O/c1-14-24-15-26(36(12)13)25-16-32(9)17-33(10)29(18(2)3)21(6)28(31(35)37)22(7)34(33,11)23(8)30(32)20(5)27(25)19(24)4/h15,18,29H,5,7,14,16-17H2,1-4,6,8-13H3,(H2,35,37)/t29-,32+,33+,34+/m1/s1. The highest BCUT2D eigenvalue weighted by atomic mass is 16.1. The summed E-state index contributed by atoms with van der Waals surface area (Å²) in [5.41, 5.74) is 18.8. The van der Waals surface area contributed by atoms with Gasteiger partial charge in [-0.3, -0.25) is 4.79 Å².